The number of aliphatic imine (C=N–C) groups is 1. The minimum absolute atomic E-state index is 0.0478. The molecular weight excluding hydrogens is 276 g/mol. The topological polar surface area (TPSA) is 65.5 Å². The van der Waals surface area contributed by atoms with E-state index in [-0.39, 0.29) is 16.9 Å². The van der Waals surface area contributed by atoms with Gasteiger partial charge in [-0.15, -0.1) is 0 Å². The highest BCUT2D eigenvalue weighted by Crippen LogP contribution is 2.25. The average molecular weight is 292 g/mol. The van der Waals surface area contributed by atoms with E-state index in [0.717, 1.165) is 16.8 Å². The molecule has 0 spiro atoms. The standard InChI is InChI=1S/C18H16N2O2/c1-11-6-5-9-15(12(11)2)19-10-14-17(21)13-7-3-4-8-16(13)20-18(14)22/h3-10H,1-2H3,(H2,20,21,22). The Morgan fingerprint density at radius 3 is 2.68 bits per heavy atom. The van der Waals surface area contributed by atoms with Gasteiger partial charge in [0.25, 0.3) is 5.56 Å². The normalized spacial score (nSPS) is 11.4. The van der Waals surface area contributed by atoms with Crippen molar-refractivity contribution >= 4 is 22.8 Å². The van der Waals surface area contributed by atoms with Crippen molar-refractivity contribution in [2.45, 2.75) is 13.8 Å². The molecule has 3 rings (SSSR count). The number of para-hydroxylation sites is 1. The molecule has 3 aromatic rings. The molecule has 0 aliphatic carbocycles. The lowest BCUT2D eigenvalue weighted by atomic mass is 10.1. The number of H-pyrrole nitrogens is 1. The van der Waals surface area contributed by atoms with E-state index in [1.54, 1.807) is 12.1 Å². The number of nitrogens with one attached hydrogen (secondary N) is 1. The largest absolute Gasteiger partial charge is 0.506 e. The zero-order valence-electron chi connectivity index (χ0n) is 12.4. The molecule has 0 bridgehead atoms. The van der Waals surface area contributed by atoms with Crippen molar-refractivity contribution in [2.75, 3.05) is 0 Å². The van der Waals surface area contributed by atoms with Crippen molar-refractivity contribution in [3.63, 3.8) is 0 Å². The third kappa shape index (κ3) is 2.39. The van der Waals surface area contributed by atoms with Gasteiger partial charge in [0.2, 0.25) is 0 Å². The molecule has 0 amide bonds. The van der Waals surface area contributed by atoms with Gasteiger partial charge in [-0.05, 0) is 43.2 Å². The number of aryl methyl sites for hydroxylation is 1. The van der Waals surface area contributed by atoms with E-state index in [0.29, 0.717) is 10.9 Å². The molecule has 2 aromatic carbocycles. The highest BCUT2D eigenvalue weighted by Gasteiger charge is 2.09. The second kappa shape index (κ2) is 5.48. The van der Waals surface area contributed by atoms with Gasteiger partial charge in [0, 0.05) is 11.6 Å². The summed E-state index contributed by atoms with van der Waals surface area (Å²) in [5, 5.41) is 10.9. The summed E-state index contributed by atoms with van der Waals surface area (Å²) in [5.41, 5.74) is 3.38. The monoisotopic (exact) mass is 292 g/mol. The van der Waals surface area contributed by atoms with Gasteiger partial charge in [-0.25, -0.2) is 0 Å². The number of aromatic amines is 1. The van der Waals surface area contributed by atoms with Crippen LogP contribution >= 0.6 is 0 Å². The fourth-order valence-electron chi connectivity index (χ4n) is 2.37. The first-order chi connectivity index (χ1) is 10.6. The highest BCUT2D eigenvalue weighted by molar-refractivity contribution is 5.95. The first kappa shape index (κ1) is 14.1. The lowest BCUT2D eigenvalue weighted by Gasteiger charge is -2.05. The molecule has 0 unspecified atom stereocenters. The van der Waals surface area contributed by atoms with Crippen LogP contribution in [0.5, 0.6) is 5.75 Å². The van der Waals surface area contributed by atoms with Gasteiger partial charge in [-0.1, -0.05) is 24.3 Å². The van der Waals surface area contributed by atoms with E-state index in [4.69, 9.17) is 0 Å². The average Bonchev–Trinajstić information content (AvgIpc) is 2.51. The van der Waals surface area contributed by atoms with Gasteiger partial charge < -0.3 is 10.1 Å². The molecule has 4 heteroatoms. The van der Waals surface area contributed by atoms with Crippen LogP contribution in [0.25, 0.3) is 10.9 Å². The van der Waals surface area contributed by atoms with Gasteiger partial charge in [0.1, 0.15) is 11.3 Å². The number of nitrogens with zero attached hydrogens (tertiary/aromatic N) is 1. The smallest absolute Gasteiger partial charge is 0.261 e. The fraction of sp³-hybridized carbons (Fsp3) is 0.111. The Kier molecular flexibility index (Phi) is 3.51. The molecule has 110 valence electrons. The van der Waals surface area contributed by atoms with Crippen molar-refractivity contribution in [1.29, 1.82) is 0 Å². The van der Waals surface area contributed by atoms with Crippen molar-refractivity contribution in [1.82, 2.24) is 4.98 Å². The van der Waals surface area contributed by atoms with E-state index in [1.165, 1.54) is 6.21 Å². The molecule has 22 heavy (non-hydrogen) atoms. The second-order valence-corrected chi connectivity index (χ2v) is 5.24. The third-order valence-electron chi connectivity index (χ3n) is 3.84. The second-order valence-electron chi connectivity index (χ2n) is 5.24. The summed E-state index contributed by atoms with van der Waals surface area (Å²) >= 11 is 0. The molecule has 0 aliphatic heterocycles. The Balaban J connectivity index is 2.13. The summed E-state index contributed by atoms with van der Waals surface area (Å²) in [6.45, 7) is 3.99. The Labute approximate surface area is 127 Å². The molecule has 0 atom stereocenters. The minimum Gasteiger partial charge on any atom is -0.506 e. The molecule has 0 radical (unpaired) electrons. The lowest BCUT2D eigenvalue weighted by molar-refractivity contribution is 0.479. The molecule has 0 aliphatic rings. The molecule has 0 fully saturated rings. The van der Waals surface area contributed by atoms with Gasteiger partial charge in [0.05, 0.1) is 11.2 Å². The Morgan fingerprint density at radius 1 is 1.09 bits per heavy atom. The van der Waals surface area contributed by atoms with Crippen LogP contribution in [-0.4, -0.2) is 16.3 Å². The summed E-state index contributed by atoms with van der Waals surface area (Å²) < 4.78 is 0. The number of rotatable bonds is 2. The SMILES string of the molecule is Cc1cccc(N=Cc2c(O)c3ccccc3[nH]c2=O)c1C. The predicted octanol–water partition coefficient (Wildman–Crippen LogP) is 3.60. The molecule has 1 aromatic heterocycles. The molecule has 0 saturated carbocycles. The number of aromatic nitrogens is 1. The van der Waals surface area contributed by atoms with Crippen molar-refractivity contribution in [2.24, 2.45) is 4.99 Å². The van der Waals surface area contributed by atoms with Gasteiger partial charge in [-0.2, -0.15) is 0 Å². The first-order valence-corrected chi connectivity index (χ1v) is 7.02. The minimum atomic E-state index is -0.356. The van der Waals surface area contributed by atoms with Crippen LogP contribution in [0.1, 0.15) is 16.7 Å². The van der Waals surface area contributed by atoms with E-state index < -0.39 is 0 Å². The quantitative estimate of drug-likeness (QED) is 0.709. The van der Waals surface area contributed by atoms with Crippen molar-refractivity contribution < 1.29 is 5.11 Å². The maximum Gasteiger partial charge on any atom is 0.261 e. The van der Waals surface area contributed by atoms with Crippen LogP contribution in [0.15, 0.2) is 52.3 Å². The van der Waals surface area contributed by atoms with Crippen LogP contribution in [0.2, 0.25) is 0 Å². The summed E-state index contributed by atoms with van der Waals surface area (Å²) in [7, 11) is 0. The van der Waals surface area contributed by atoms with Crippen molar-refractivity contribution in [3.8, 4) is 5.75 Å². The Bertz CT molecular complexity index is 939. The van der Waals surface area contributed by atoms with E-state index >= 15 is 0 Å². The molecule has 4 nitrogen and oxygen atoms in total. The third-order valence-corrected chi connectivity index (χ3v) is 3.84. The van der Waals surface area contributed by atoms with Gasteiger partial charge >= 0.3 is 0 Å². The molecule has 1 heterocycles. The maximum absolute atomic E-state index is 12.1. The van der Waals surface area contributed by atoms with Crippen LogP contribution in [0, 0.1) is 13.8 Å². The van der Waals surface area contributed by atoms with Gasteiger partial charge in [-0.3, -0.25) is 9.79 Å². The number of hydrogen-bond acceptors (Lipinski definition) is 3. The Morgan fingerprint density at radius 2 is 1.86 bits per heavy atom. The number of hydrogen-bond donors (Lipinski definition) is 2. The van der Waals surface area contributed by atoms with E-state index in [1.807, 2.05) is 44.2 Å². The summed E-state index contributed by atoms with van der Waals surface area (Å²) in [6.07, 6.45) is 1.42. The summed E-state index contributed by atoms with van der Waals surface area (Å²) in [5.74, 6) is -0.0478. The zero-order valence-corrected chi connectivity index (χ0v) is 12.4. The molecular formula is C18H16N2O2. The zero-order chi connectivity index (χ0) is 15.7. The lowest BCUT2D eigenvalue weighted by Crippen LogP contribution is -2.12. The Hall–Kier alpha value is -2.88. The fourth-order valence-corrected chi connectivity index (χ4v) is 2.37. The van der Waals surface area contributed by atoms with Crippen LogP contribution in [0.3, 0.4) is 0 Å². The summed E-state index contributed by atoms with van der Waals surface area (Å²) in [6, 6.07) is 12.9. The van der Waals surface area contributed by atoms with E-state index in [2.05, 4.69) is 9.98 Å². The van der Waals surface area contributed by atoms with Gasteiger partial charge in [0.15, 0.2) is 0 Å². The van der Waals surface area contributed by atoms with Crippen LogP contribution in [0.4, 0.5) is 5.69 Å². The number of aromatic hydroxyl groups is 1. The van der Waals surface area contributed by atoms with Crippen molar-refractivity contribution in [3.05, 3.63) is 69.5 Å². The highest BCUT2D eigenvalue weighted by atomic mass is 16.3. The molecule has 2 N–H and O–H groups in total. The first-order valence-electron chi connectivity index (χ1n) is 7.02. The number of pyridine rings is 1. The van der Waals surface area contributed by atoms with E-state index in [9.17, 15) is 9.90 Å². The molecule has 0 saturated heterocycles. The van der Waals surface area contributed by atoms with Crippen LogP contribution < -0.4 is 5.56 Å². The summed E-state index contributed by atoms with van der Waals surface area (Å²) in [4.78, 5) is 19.2. The van der Waals surface area contributed by atoms with Crippen LogP contribution in [-0.2, 0) is 0 Å². The maximum atomic E-state index is 12.1. The predicted molar refractivity (Wildman–Crippen MR) is 89.4 cm³/mol. The number of fused-ring (bicyclic) bond motifs is 1. The number of benzene rings is 2.